The van der Waals surface area contributed by atoms with Gasteiger partial charge in [0.1, 0.15) is 0 Å². The maximum atomic E-state index is 13.0. The van der Waals surface area contributed by atoms with Crippen molar-refractivity contribution >= 4 is 17.5 Å². The van der Waals surface area contributed by atoms with Crippen LogP contribution in [0.5, 0.6) is 0 Å². The summed E-state index contributed by atoms with van der Waals surface area (Å²) < 4.78 is 4.98. The lowest BCUT2D eigenvalue weighted by Crippen LogP contribution is -2.46. The van der Waals surface area contributed by atoms with E-state index in [0.29, 0.717) is 26.1 Å². The van der Waals surface area contributed by atoms with Crippen molar-refractivity contribution in [3.63, 3.8) is 0 Å². The quantitative estimate of drug-likeness (QED) is 0.832. The van der Waals surface area contributed by atoms with Crippen LogP contribution in [0.15, 0.2) is 18.2 Å². The number of benzene rings is 1. The largest absolute Gasteiger partial charge is 0.384 e. The van der Waals surface area contributed by atoms with Crippen molar-refractivity contribution < 1.29 is 14.3 Å². The third-order valence-electron chi connectivity index (χ3n) is 5.55. The highest BCUT2D eigenvalue weighted by atomic mass is 16.5. The van der Waals surface area contributed by atoms with Gasteiger partial charge < -0.3 is 19.9 Å². The summed E-state index contributed by atoms with van der Waals surface area (Å²) in [6.07, 6.45) is 4.40. The average Bonchev–Trinajstić information content (AvgIpc) is 3.21. The molecule has 0 atom stereocenters. The standard InChI is InChI=1S/C21H31N3O3/c1-16-5-6-19(23-10-3-4-11-23)18(15-16)21(26)22-17-7-12-24(13-8-17)20(25)9-14-27-2/h5-6,15,17H,3-4,7-14H2,1-2H3,(H,22,26). The number of methoxy groups -OCH3 is 1. The Kier molecular flexibility index (Phi) is 6.72. The van der Waals surface area contributed by atoms with E-state index in [0.717, 1.165) is 42.7 Å². The van der Waals surface area contributed by atoms with E-state index in [9.17, 15) is 9.59 Å². The van der Waals surface area contributed by atoms with Gasteiger partial charge in [-0.05, 0) is 44.7 Å². The first-order chi connectivity index (χ1) is 13.1. The molecule has 2 amide bonds. The highest BCUT2D eigenvalue weighted by Gasteiger charge is 2.26. The van der Waals surface area contributed by atoms with Crippen LogP contribution in [-0.4, -0.2) is 62.7 Å². The maximum Gasteiger partial charge on any atom is 0.253 e. The summed E-state index contributed by atoms with van der Waals surface area (Å²) in [5.41, 5.74) is 2.92. The Bertz CT molecular complexity index is 663. The maximum absolute atomic E-state index is 13.0. The summed E-state index contributed by atoms with van der Waals surface area (Å²) in [6.45, 7) is 5.91. The molecule has 0 radical (unpaired) electrons. The Labute approximate surface area is 161 Å². The van der Waals surface area contributed by atoms with E-state index in [-0.39, 0.29) is 17.9 Å². The Hall–Kier alpha value is -2.08. The fourth-order valence-corrected chi connectivity index (χ4v) is 3.95. The molecule has 1 aromatic rings. The smallest absolute Gasteiger partial charge is 0.253 e. The number of hydrogen-bond acceptors (Lipinski definition) is 4. The van der Waals surface area contributed by atoms with Crippen molar-refractivity contribution in [2.24, 2.45) is 0 Å². The molecule has 148 valence electrons. The molecular weight excluding hydrogens is 342 g/mol. The van der Waals surface area contributed by atoms with E-state index in [1.54, 1.807) is 7.11 Å². The van der Waals surface area contributed by atoms with Crippen molar-refractivity contribution in [3.05, 3.63) is 29.3 Å². The predicted octanol–water partition coefficient (Wildman–Crippen LogP) is 2.35. The average molecular weight is 373 g/mol. The van der Waals surface area contributed by atoms with E-state index in [1.165, 1.54) is 12.8 Å². The summed E-state index contributed by atoms with van der Waals surface area (Å²) in [7, 11) is 1.61. The van der Waals surface area contributed by atoms with Crippen LogP contribution in [0.2, 0.25) is 0 Å². The summed E-state index contributed by atoms with van der Waals surface area (Å²) >= 11 is 0. The van der Waals surface area contributed by atoms with Crippen LogP contribution in [0, 0.1) is 6.92 Å². The number of likely N-dealkylation sites (tertiary alicyclic amines) is 1. The van der Waals surface area contributed by atoms with Gasteiger partial charge in [-0.2, -0.15) is 0 Å². The molecule has 3 rings (SSSR count). The molecular formula is C21H31N3O3. The highest BCUT2D eigenvalue weighted by molar-refractivity contribution is 6.00. The molecule has 27 heavy (non-hydrogen) atoms. The number of ether oxygens (including phenoxy) is 1. The van der Waals surface area contributed by atoms with Crippen molar-refractivity contribution in [1.82, 2.24) is 10.2 Å². The van der Waals surface area contributed by atoms with Gasteiger partial charge in [0.15, 0.2) is 0 Å². The van der Waals surface area contributed by atoms with E-state index >= 15 is 0 Å². The molecule has 2 fully saturated rings. The van der Waals surface area contributed by atoms with E-state index in [1.807, 2.05) is 17.9 Å². The Morgan fingerprint density at radius 3 is 2.52 bits per heavy atom. The molecule has 2 saturated heterocycles. The van der Waals surface area contributed by atoms with Gasteiger partial charge in [0, 0.05) is 45.0 Å². The van der Waals surface area contributed by atoms with Crippen LogP contribution in [0.25, 0.3) is 0 Å². The summed E-state index contributed by atoms with van der Waals surface area (Å²) in [4.78, 5) is 29.2. The topological polar surface area (TPSA) is 61.9 Å². The summed E-state index contributed by atoms with van der Waals surface area (Å²) in [6, 6.07) is 6.27. The third kappa shape index (κ3) is 5.01. The SMILES string of the molecule is COCCC(=O)N1CCC(NC(=O)c2cc(C)ccc2N2CCCC2)CC1. The Morgan fingerprint density at radius 1 is 1.15 bits per heavy atom. The van der Waals surface area contributed by atoms with Crippen LogP contribution in [-0.2, 0) is 9.53 Å². The van der Waals surface area contributed by atoms with Gasteiger partial charge >= 0.3 is 0 Å². The molecule has 0 spiro atoms. The van der Waals surface area contributed by atoms with Crippen LogP contribution < -0.4 is 10.2 Å². The third-order valence-corrected chi connectivity index (χ3v) is 5.55. The number of carbonyl (C=O) groups is 2. The zero-order chi connectivity index (χ0) is 19.2. The fraction of sp³-hybridized carbons (Fsp3) is 0.619. The Morgan fingerprint density at radius 2 is 1.85 bits per heavy atom. The number of hydrogen-bond donors (Lipinski definition) is 1. The van der Waals surface area contributed by atoms with E-state index in [2.05, 4.69) is 22.3 Å². The number of aryl methyl sites for hydroxylation is 1. The second-order valence-corrected chi connectivity index (χ2v) is 7.59. The number of amides is 2. The zero-order valence-electron chi connectivity index (χ0n) is 16.5. The molecule has 0 saturated carbocycles. The van der Waals surface area contributed by atoms with Gasteiger partial charge in [-0.15, -0.1) is 0 Å². The summed E-state index contributed by atoms with van der Waals surface area (Å²) in [5.74, 6) is 0.140. The van der Waals surface area contributed by atoms with Crippen molar-refractivity contribution in [1.29, 1.82) is 0 Å². The lowest BCUT2D eigenvalue weighted by atomic mass is 10.0. The molecule has 2 aliphatic heterocycles. The number of carbonyl (C=O) groups excluding carboxylic acids is 2. The van der Waals surface area contributed by atoms with Crippen LogP contribution >= 0.6 is 0 Å². The first kappa shape index (κ1) is 19.7. The summed E-state index contributed by atoms with van der Waals surface area (Å²) in [5, 5.41) is 3.20. The van der Waals surface area contributed by atoms with Crippen molar-refractivity contribution in [2.45, 2.75) is 45.1 Å². The first-order valence-corrected chi connectivity index (χ1v) is 10.0. The van der Waals surface area contributed by atoms with Gasteiger partial charge in [-0.3, -0.25) is 9.59 Å². The van der Waals surface area contributed by atoms with Crippen molar-refractivity contribution in [3.8, 4) is 0 Å². The number of nitrogens with one attached hydrogen (secondary N) is 1. The molecule has 1 aromatic carbocycles. The molecule has 6 nitrogen and oxygen atoms in total. The predicted molar refractivity (Wildman–Crippen MR) is 106 cm³/mol. The molecule has 1 N–H and O–H groups in total. The number of rotatable bonds is 6. The van der Waals surface area contributed by atoms with Gasteiger partial charge in [-0.1, -0.05) is 11.6 Å². The Balaban J connectivity index is 1.58. The number of nitrogens with zero attached hydrogens (tertiary/aromatic N) is 2. The fourth-order valence-electron chi connectivity index (χ4n) is 3.95. The van der Waals surface area contributed by atoms with Gasteiger partial charge in [-0.25, -0.2) is 0 Å². The van der Waals surface area contributed by atoms with Crippen molar-refractivity contribution in [2.75, 3.05) is 44.8 Å². The molecule has 0 aromatic heterocycles. The number of piperidine rings is 1. The molecule has 0 bridgehead atoms. The minimum atomic E-state index is 0.00441. The minimum absolute atomic E-state index is 0.00441. The van der Waals surface area contributed by atoms with Gasteiger partial charge in [0.05, 0.1) is 18.6 Å². The highest BCUT2D eigenvalue weighted by Crippen LogP contribution is 2.26. The normalized spacial score (nSPS) is 18.0. The van der Waals surface area contributed by atoms with Crippen LogP contribution in [0.1, 0.15) is 48.0 Å². The molecule has 2 heterocycles. The second kappa shape index (κ2) is 9.22. The second-order valence-electron chi connectivity index (χ2n) is 7.59. The molecule has 0 aliphatic carbocycles. The lowest BCUT2D eigenvalue weighted by Gasteiger charge is -2.32. The van der Waals surface area contributed by atoms with Crippen LogP contribution in [0.4, 0.5) is 5.69 Å². The monoisotopic (exact) mass is 373 g/mol. The van der Waals surface area contributed by atoms with Gasteiger partial charge in [0.25, 0.3) is 5.91 Å². The number of anilines is 1. The van der Waals surface area contributed by atoms with Gasteiger partial charge in [0.2, 0.25) is 5.91 Å². The minimum Gasteiger partial charge on any atom is -0.384 e. The zero-order valence-corrected chi connectivity index (χ0v) is 16.5. The van der Waals surface area contributed by atoms with Crippen LogP contribution in [0.3, 0.4) is 0 Å². The van der Waals surface area contributed by atoms with E-state index in [4.69, 9.17) is 4.74 Å². The lowest BCUT2D eigenvalue weighted by molar-refractivity contribution is -0.133. The molecule has 0 unspecified atom stereocenters. The molecule has 6 heteroatoms. The molecule has 2 aliphatic rings. The first-order valence-electron chi connectivity index (χ1n) is 10.0. The van der Waals surface area contributed by atoms with E-state index < -0.39 is 0 Å².